The van der Waals surface area contributed by atoms with E-state index in [4.69, 9.17) is 11.6 Å². The van der Waals surface area contributed by atoms with Gasteiger partial charge in [-0.2, -0.15) is 0 Å². The van der Waals surface area contributed by atoms with E-state index in [9.17, 15) is 5.11 Å². The third kappa shape index (κ3) is 2.68. The van der Waals surface area contributed by atoms with Crippen LogP contribution in [0.25, 0.3) is 0 Å². The van der Waals surface area contributed by atoms with Gasteiger partial charge in [-0.15, -0.1) is 0 Å². The van der Waals surface area contributed by atoms with Crippen molar-refractivity contribution in [1.82, 2.24) is 0 Å². The van der Waals surface area contributed by atoms with Crippen molar-refractivity contribution in [2.75, 3.05) is 36.0 Å². The van der Waals surface area contributed by atoms with Gasteiger partial charge in [0, 0.05) is 43.6 Å². The van der Waals surface area contributed by atoms with Crippen LogP contribution in [0.3, 0.4) is 0 Å². The smallest absolute Gasteiger partial charge is 0.134 e. The highest BCUT2D eigenvalue weighted by Crippen LogP contribution is 2.29. The van der Waals surface area contributed by atoms with Gasteiger partial charge in [-0.25, -0.2) is 0 Å². The predicted molar refractivity (Wildman–Crippen MR) is 82.8 cm³/mol. The zero-order valence-corrected chi connectivity index (χ0v) is 11.8. The molecule has 1 aliphatic heterocycles. The van der Waals surface area contributed by atoms with E-state index in [0.29, 0.717) is 5.02 Å². The Hall–Kier alpha value is -1.87. The van der Waals surface area contributed by atoms with Gasteiger partial charge in [0.2, 0.25) is 0 Å². The maximum atomic E-state index is 9.47. The molecule has 1 saturated heterocycles. The normalized spacial score (nSPS) is 15.4. The number of anilines is 2. The van der Waals surface area contributed by atoms with E-state index in [1.54, 1.807) is 6.07 Å². The molecule has 103 valence electrons. The Balaban J connectivity index is 1.68. The molecule has 0 unspecified atom stereocenters. The number of aromatic hydroxyl groups is 1. The lowest BCUT2D eigenvalue weighted by Gasteiger charge is -2.37. The summed E-state index contributed by atoms with van der Waals surface area (Å²) in [7, 11) is 0. The Bertz CT molecular complexity index is 580. The van der Waals surface area contributed by atoms with Gasteiger partial charge in [0.1, 0.15) is 5.75 Å². The average Bonchev–Trinajstić information content (AvgIpc) is 2.51. The summed E-state index contributed by atoms with van der Waals surface area (Å²) in [4.78, 5) is 4.61. The Morgan fingerprint density at radius 3 is 2.40 bits per heavy atom. The van der Waals surface area contributed by atoms with Gasteiger partial charge < -0.3 is 14.9 Å². The summed E-state index contributed by atoms with van der Waals surface area (Å²) in [6.45, 7) is 3.78. The van der Waals surface area contributed by atoms with Crippen molar-refractivity contribution in [2.24, 2.45) is 0 Å². The van der Waals surface area contributed by atoms with Crippen molar-refractivity contribution in [3.63, 3.8) is 0 Å². The zero-order chi connectivity index (χ0) is 13.9. The molecule has 0 spiro atoms. The van der Waals surface area contributed by atoms with Crippen LogP contribution >= 0.6 is 11.6 Å². The van der Waals surface area contributed by atoms with Crippen LogP contribution in [0, 0.1) is 6.07 Å². The molecule has 1 aliphatic rings. The third-order valence-electron chi connectivity index (χ3n) is 3.61. The molecule has 3 rings (SSSR count). The largest absolute Gasteiger partial charge is 0.506 e. The molecule has 2 aromatic rings. The molecular formula is C16H16ClN2O. The Morgan fingerprint density at radius 1 is 1.00 bits per heavy atom. The molecule has 0 aliphatic carbocycles. The Kier molecular flexibility index (Phi) is 3.70. The molecular weight excluding hydrogens is 272 g/mol. The molecule has 0 bridgehead atoms. The molecule has 1 fully saturated rings. The van der Waals surface area contributed by atoms with Gasteiger partial charge in [-0.3, -0.25) is 0 Å². The number of phenolic OH excluding ortho intramolecular Hbond substituents is 1. The molecule has 0 amide bonds. The monoisotopic (exact) mass is 287 g/mol. The minimum atomic E-state index is 0.132. The van der Waals surface area contributed by atoms with Crippen LogP contribution in [0.2, 0.25) is 5.02 Å². The number of rotatable bonds is 2. The molecule has 3 nitrogen and oxygen atoms in total. The van der Waals surface area contributed by atoms with Crippen LogP contribution in [0.1, 0.15) is 0 Å². The minimum Gasteiger partial charge on any atom is -0.506 e. The summed E-state index contributed by atoms with van der Waals surface area (Å²) >= 11 is 5.97. The lowest BCUT2D eigenvalue weighted by molar-refractivity contribution is 0.475. The van der Waals surface area contributed by atoms with Gasteiger partial charge in [-0.05, 0) is 24.3 Å². The summed E-state index contributed by atoms with van der Waals surface area (Å²) in [6.07, 6.45) is 0. The van der Waals surface area contributed by atoms with E-state index >= 15 is 0 Å². The topological polar surface area (TPSA) is 26.7 Å². The quantitative estimate of drug-likeness (QED) is 0.919. The first-order valence-corrected chi connectivity index (χ1v) is 7.07. The first-order chi connectivity index (χ1) is 9.74. The SMILES string of the molecule is Oc1ccc(N2CCN(c3[c]cccc3)CC2)cc1Cl. The van der Waals surface area contributed by atoms with Gasteiger partial charge in [0.25, 0.3) is 0 Å². The summed E-state index contributed by atoms with van der Waals surface area (Å²) in [5.74, 6) is 0.132. The number of hydrogen-bond acceptors (Lipinski definition) is 3. The van der Waals surface area contributed by atoms with E-state index in [2.05, 4.69) is 21.9 Å². The second-order valence-electron chi connectivity index (χ2n) is 4.86. The fourth-order valence-corrected chi connectivity index (χ4v) is 2.65. The van der Waals surface area contributed by atoms with E-state index in [1.807, 2.05) is 30.3 Å². The van der Waals surface area contributed by atoms with Crippen molar-refractivity contribution in [3.8, 4) is 5.75 Å². The number of halogens is 1. The molecule has 1 radical (unpaired) electrons. The molecule has 4 heteroatoms. The van der Waals surface area contributed by atoms with Crippen LogP contribution in [0.5, 0.6) is 5.75 Å². The molecule has 1 N–H and O–H groups in total. The first-order valence-electron chi connectivity index (χ1n) is 6.69. The molecule has 0 aromatic heterocycles. The molecule has 1 heterocycles. The maximum absolute atomic E-state index is 9.47. The van der Waals surface area contributed by atoms with Crippen LogP contribution < -0.4 is 9.80 Å². The summed E-state index contributed by atoms with van der Waals surface area (Å²) < 4.78 is 0. The van der Waals surface area contributed by atoms with Crippen molar-refractivity contribution in [1.29, 1.82) is 0 Å². The highest BCUT2D eigenvalue weighted by molar-refractivity contribution is 6.32. The van der Waals surface area contributed by atoms with E-state index in [1.165, 1.54) is 0 Å². The van der Waals surface area contributed by atoms with E-state index in [0.717, 1.165) is 37.6 Å². The lowest BCUT2D eigenvalue weighted by atomic mass is 10.2. The Morgan fingerprint density at radius 2 is 1.75 bits per heavy atom. The number of nitrogens with zero attached hydrogens (tertiary/aromatic N) is 2. The number of piperazine rings is 1. The first kappa shape index (κ1) is 13.1. The van der Waals surface area contributed by atoms with Gasteiger partial charge >= 0.3 is 0 Å². The summed E-state index contributed by atoms with van der Waals surface area (Å²) in [5.41, 5.74) is 2.21. The standard InChI is InChI=1S/C16H16ClN2O/c17-15-12-14(6-7-16(15)20)19-10-8-18(9-11-19)13-4-2-1-3-5-13/h1-4,6-7,12,20H,8-11H2. The van der Waals surface area contributed by atoms with Gasteiger partial charge in [0.15, 0.2) is 0 Å². The predicted octanol–water partition coefficient (Wildman–Crippen LogP) is 3.17. The van der Waals surface area contributed by atoms with E-state index in [-0.39, 0.29) is 5.75 Å². The second kappa shape index (κ2) is 5.63. The average molecular weight is 288 g/mol. The third-order valence-corrected chi connectivity index (χ3v) is 3.91. The fraction of sp³-hybridized carbons (Fsp3) is 0.250. The summed E-state index contributed by atoms with van der Waals surface area (Å²) in [5, 5.41) is 9.87. The number of hydrogen-bond donors (Lipinski definition) is 1. The number of para-hydroxylation sites is 1. The second-order valence-corrected chi connectivity index (χ2v) is 5.26. The lowest BCUT2D eigenvalue weighted by Crippen LogP contribution is -2.46. The molecule has 0 atom stereocenters. The fourth-order valence-electron chi connectivity index (χ4n) is 2.48. The van der Waals surface area contributed by atoms with Crippen LogP contribution in [0.4, 0.5) is 11.4 Å². The molecule has 20 heavy (non-hydrogen) atoms. The molecule has 2 aromatic carbocycles. The van der Waals surface area contributed by atoms with Crippen LogP contribution in [-0.4, -0.2) is 31.3 Å². The maximum Gasteiger partial charge on any atom is 0.134 e. The van der Waals surface area contributed by atoms with Crippen molar-refractivity contribution < 1.29 is 5.11 Å². The Labute approximate surface area is 124 Å². The minimum absolute atomic E-state index is 0.132. The highest BCUT2D eigenvalue weighted by atomic mass is 35.5. The van der Waals surface area contributed by atoms with Crippen molar-refractivity contribution in [2.45, 2.75) is 0 Å². The zero-order valence-electron chi connectivity index (χ0n) is 11.1. The van der Waals surface area contributed by atoms with Crippen LogP contribution in [0.15, 0.2) is 42.5 Å². The van der Waals surface area contributed by atoms with Crippen molar-refractivity contribution >= 4 is 23.0 Å². The number of benzene rings is 2. The number of phenols is 1. The van der Waals surface area contributed by atoms with Gasteiger partial charge in [0.05, 0.1) is 5.02 Å². The highest BCUT2D eigenvalue weighted by Gasteiger charge is 2.18. The summed E-state index contributed by atoms with van der Waals surface area (Å²) in [6, 6.07) is 16.7. The van der Waals surface area contributed by atoms with Gasteiger partial charge in [-0.1, -0.05) is 29.8 Å². The van der Waals surface area contributed by atoms with E-state index < -0.39 is 0 Å². The molecule has 0 saturated carbocycles. The van der Waals surface area contributed by atoms with Crippen LogP contribution in [-0.2, 0) is 0 Å². The van der Waals surface area contributed by atoms with Crippen molar-refractivity contribution in [3.05, 3.63) is 53.6 Å².